The Morgan fingerprint density at radius 2 is 2.03 bits per heavy atom. The molecule has 168 valence electrons. The Morgan fingerprint density at radius 1 is 1.25 bits per heavy atom. The van der Waals surface area contributed by atoms with Gasteiger partial charge in [0.2, 0.25) is 27.6 Å². The summed E-state index contributed by atoms with van der Waals surface area (Å²) in [7, 11) is -3.69. The SMILES string of the molecule is Cc1cccc(-c2noc(CNC(=O)[C@@H]3CCCN(S(=O)(=O)c4ccc(Cl)cc4)C3)n2)c1. The van der Waals surface area contributed by atoms with Crippen molar-refractivity contribution in [3.63, 3.8) is 0 Å². The number of rotatable bonds is 6. The predicted octanol–water partition coefficient (Wildman–Crippen LogP) is 3.42. The topological polar surface area (TPSA) is 105 Å². The standard InChI is InChI=1S/C22H23ClN4O4S/c1-15-4-2-5-16(12-15)21-25-20(31-26-21)13-24-22(28)17-6-3-11-27(14-17)32(29,30)19-9-7-18(23)8-10-19/h2,4-5,7-10,12,17H,3,6,11,13-14H2,1H3,(H,24,28)/t17-/m1/s1. The molecule has 0 saturated carbocycles. The number of benzene rings is 2. The fourth-order valence-electron chi connectivity index (χ4n) is 3.67. The molecule has 32 heavy (non-hydrogen) atoms. The molecule has 0 unspecified atom stereocenters. The minimum Gasteiger partial charge on any atom is -0.347 e. The van der Waals surface area contributed by atoms with Gasteiger partial charge in [-0.1, -0.05) is 40.5 Å². The van der Waals surface area contributed by atoms with Crippen LogP contribution in [-0.2, 0) is 21.4 Å². The molecule has 1 atom stereocenters. The molecule has 3 aromatic rings. The van der Waals surface area contributed by atoms with Crippen LogP contribution < -0.4 is 5.32 Å². The first-order valence-electron chi connectivity index (χ1n) is 10.3. The van der Waals surface area contributed by atoms with E-state index in [0.717, 1.165) is 11.1 Å². The van der Waals surface area contributed by atoms with E-state index >= 15 is 0 Å². The summed E-state index contributed by atoms with van der Waals surface area (Å²) in [4.78, 5) is 17.2. The molecule has 1 aromatic heterocycles. The van der Waals surface area contributed by atoms with E-state index in [4.69, 9.17) is 16.1 Å². The second-order valence-electron chi connectivity index (χ2n) is 7.76. The third kappa shape index (κ3) is 5.01. The summed E-state index contributed by atoms with van der Waals surface area (Å²) in [5, 5.41) is 7.22. The highest BCUT2D eigenvalue weighted by molar-refractivity contribution is 7.89. The fraction of sp³-hybridized carbons (Fsp3) is 0.318. The maximum Gasteiger partial charge on any atom is 0.246 e. The minimum absolute atomic E-state index is 0.0814. The molecule has 2 heterocycles. The summed E-state index contributed by atoms with van der Waals surface area (Å²) in [5.41, 5.74) is 1.92. The maximum absolute atomic E-state index is 12.9. The Bertz CT molecular complexity index is 1210. The van der Waals surface area contributed by atoms with Crippen molar-refractivity contribution in [2.24, 2.45) is 5.92 Å². The van der Waals surface area contributed by atoms with Crippen molar-refractivity contribution in [2.75, 3.05) is 13.1 Å². The second kappa shape index (κ2) is 9.40. The van der Waals surface area contributed by atoms with E-state index in [1.807, 2.05) is 31.2 Å². The van der Waals surface area contributed by atoms with Gasteiger partial charge in [-0.25, -0.2) is 8.42 Å². The number of nitrogens with zero attached hydrogens (tertiary/aromatic N) is 3. The van der Waals surface area contributed by atoms with Crippen LogP contribution in [-0.4, -0.2) is 41.9 Å². The summed E-state index contributed by atoms with van der Waals surface area (Å²) in [6.45, 7) is 2.55. The number of amides is 1. The molecule has 1 aliphatic heterocycles. The van der Waals surface area contributed by atoms with E-state index in [9.17, 15) is 13.2 Å². The number of hydrogen-bond donors (Lipinski definition) is 1. The lowest BCUT2D eigenvalue weighted by Crippen LogP contribution is -2.45. The highest BCUT2D eigenvalue weighted by atomic mass is 35.5. The molecule has 1 fully saturated rings. The summed E-state index contributed by atoms with van der Waals surface area (Å²) < 4.78 is 32.5. The first-order chi connectivity index (χ1) is 15.3. The van der Waals surface area contributed by atoms with Gasteiger partial charge in [0, 0.05) is 23.7 Å². The molecule has 0 bridgehead atoms. The van der Waals surface area contributed by atoms with Crippen molar-refractivity contribution in [1.29, 1.82) is 0 Å². The van der Waals surface area contributed by atoms with Gasteiger partial charge in [0.25, 0.3) is 0 Å². The third-order valence-electron chi connectivity index (χ3n) is 5.36. The van der Waals surface area contributed by atoms with Crippen LogP contribution in [0.2, 0.25) is 5.02 Å². The van der Waals surface area contributed by atoms with Crippen LogP contribution in [0.25, 0.3) is 11.4 Å². The van der Waals surface area contributed by atoms with Gasteiger partial charge in [0.15, 0.2) is 0 Å². The molecule has 1 saturated heterocycles. The molecule has 8 nitrogen and oxygen atoms in total. The van der Waals surface area contributed by atoms with Crippen molar-refractivity contribution in [3.05, 3.63) is 65.0 Å². The minimum atomic E-state index is -3.69. The van der Waals surface area contributed by atoms with Crippen LogP contribution in [0.15, 0.2) is 57.9 Å². The van der Waals surface area contributed by atoms with Crippen molar-refractivity contribution in [1.82, 2.24) is 19.8 Å². The number of carbonyl (C=O) groups is 1. The van der Waals surface area contributed by atoms with Crippen LogP contribution in [0.5, 0.6) is 0 Å². The highest BCUT2D eigenvalue weighted by Gasteiger charge is 2.33. The van der Waals surface area contributed by atoms with E-state index in [1.165, 1.54) is 28.6 Å². The lowest BCUT2D eigenvalue weighted by atomic mass is 9.99. The van der Waals surface area contributed by atoms with Gasteiger partial charge in [-0.3, -0.25) is 4.79 Å². The number of hydrogen-bond acceptors (Lipinski definition) is 6. The van der Waals surface area contributed by atoms with Gasteiger partial charge in [0.1, 0.15) is 0 Å². The number of carbonyl (C=O) groups excluding carboxylic acids is 1. The monoisotopic (exact) mass is 474 g/mol. The highest BCUT2D eigenvalue weighted by Crippen LogP contribution is 2.25. The molecular weight excluding hydrogens is 452 g/mol. The van der Waals surface area contributed by atoms with Gasteiger partial charge in [0.05, 0.1) is 17.4 Å². The Balaban J connectivity index is 1.37. The van der Waals surface area contributed by atoms with Gasteiger partial charge in [-0.2, -0.15) is 9.29 Å². The maximum atomic E-state index is 12.9. The third-order valence-corrected chi connectivity index (χ3v) is 7.50. The first-order valence-corrected chi connectivity index (χ1v) is 12.1. The van der Waals surface area contributed by atoms with Gasteiger partial charge >= 0.3 is 0 Å². The number of aryl methyl sites for hydroxylation is 1. The number of sulfonamides is 1. The second-order valence-corrected chi connectivity index (χ2v) is 10.1. The molecular formula is C22H23ClN4O4S. The van der Waals surface area contributed by atoms with Crippen molar-refractivity contribution in [3.8, 4) is 11.4 Å². The van der Waals surface area contributed by atoms with E-state index in [0.29, 0.717) is 30.2 Å². The molecule has 0 aliphatic carbocycles. The number of halogens is 1. The van der Waals surface area contributed by atoms with E-state index < -0.39 is 15.9 Å². The van der Waals surface area contributed by atoms with E-state index in [1.54, 1.807) is 0 Å². The van der Waals surface area contributed by atoms with E-state index in [2.05, 4.69) is 15.5 Å². The van der Waals surface area contributed by atoms with E-state index in [-0.39, 0.29) is 29.8 Å². The van der Waals surface area contributed by atoms with Gasteiger partial charge in [-0.15, -0.1) is 0 Å². The van der Waals surface area contributed by atoms with Gasteiger partial charge in [-0.05, 0) is 50.1 Å². The van der Waals surface area contributed by atoms with Crippen LogP contribution in [0.1, 0.15) is 24.3 Å². The predicted molar refractivity (Wildman–Crippen MR) is 119 cm³/mol. The van der Waals surface area contributed by atoms with Crippen molar-refractivity contribution in [2.45, 2.75) is 31.2 Å². The van der Waals surface area contributed by atoms with Crippen LogP contribution in [0.4, 0.5) is 0 Å². The average Bonchev–Trinajstić information content (AvgIpc) is 3.27. The Labute approximate surface area is 191 Å². The van der Waals surface area contributed by atoms with Crippen LogP contribution in [0.3, 0.4) is 0 Å². The van der Waals surface area contributed by atoms with Crippen LogP contribution >= 0.6 is 11.6 Å². The summed E-state index contributed by atoms with van der Waals surface area (Å²) in [6, 6.07) is 13.8. The fourth-order valence-corrected chi connectivity index (χ4v) is 5.32. The largest absolute Gasteiger partial charge is 0.347 e. The normalized spacial score (nSPS) is 17.2. The zero-order chi connectivity index (χ0) is 22.7. The Kier molecular flexibility index (Phi) is 6.59. The Morgan fingerprint density at radius 3 is 2.78 bits per heavy atom. The zero-order valence-electron chi connectivity index (χ0n) is 17.5. The average molecular weight is 475 g/mol. The molecule has 10 heteroatoms. The molecule has 2 aromatic carbocycles. The molecule has 1 N–H and O–H groups in total. The molecule has 0 spiro atoms. The summed E-state index contributed by atoms with van der Waals surface area (Å²) in [5.74, 6) is 0.0495. The summed E-state index contributed by atoms with van der Waals surface area (Å²) in [6.07, 6.45) is 1.21. The van der Waals surface area contributed by atoms with Crippen molar-refractivity contribution >= 4 is 27.5 Å². The zero-order valence-corrected chi connectivity index (χ0v) is 19.1. The molecule has 4 rings (SSSR count). The molecule has 0 radical (unpaired) electrons. The van der Waals surface area contributed by atoms with Crippen LogP contribution in [0, 0.1) is 12.8 Å². The number of aromatic nitrogens is 2. The first kappa shape index (κ1) is 22.4. The molecule has 1 aliphatic rings. The lowest BCUT2D eigenvalue weighted by molar-refractivity contribution is -0.126. The Hall–Kier alpha value is -2.75. The smallest absolute Gasteiger partial charge is 0.246 e. The lowest BCUT2D eigenvalue weighted by Gasteiger charge is -2.31. The summed E-state index contributed by atoms with van der Waals surface area (Å²) >= 11 is 5.86. The van der Waals surface area contributed by atoms with Gasteiger partial charge < -0.3 is 9.84 Å². The molecule has 1 amide bonds. The number of nitrogens with one attached hydrogen (secondary N) is 1. The number of piperidine rings is 1. The quantitative estimate of drug-likeness (QED) is 0.586. The van der Waals surface area contributed by atoms with Crippen molar-refractivity contribution < 1.29 is 17.7 Å².